The number of hydrogen-bond acceptors (Lipinski definition) is 5. The molecule has 0 saturated carbocycles. The van der Waals surface area contributed by atoms with Crippen LogP contribution in [0.4, 0.5) is 0 Å². The minimum Gasteiger partial charge on any atom is -0.497 e. The Morgan fingerprint density at radius 2 is 1.65 bits per heavy atom. The molecule has 0 fully saturated rings. The van der Waals surface area contributed by atoms with Crippen LogP contribution in [0.25, 0.3) is 0 Å². The third kappa shape index (κ3) is 4.20. The molecular weight excluding hydrogens is 334 g/mol. The molecule has 1 amide bonds. The van der Waals surface area contributed by atoms with Crippen LogP contribution in [0.2, 0.25) is 0 Å². The maximum Gasteiger partial charge on any atom is 0.261 e. The van der Waals surface area contributed by atoms with Gasteiger partial charge >= 0.3 is 0 Å². The predicted octanol–water partition coefficient (Wildman–Crippen LogP) is 3.11. The Labute approximate surface area is 153 Å². The number of rotatable bonds is 6. The fourth-order valence-electron chi connectivity index (χ4n) is 2.66. The number of methoxy groups -OCH3 is 1. The topological polar surface area (TPSA) is 66.0 Å². The molecule has 2 aromatic rings. The van der Waals surface area contributed by atoms with E-state index in [-0.39, 0.29) is 11.9 Å². The lowest BCUT2D eigenvalue weighted by Gasteiger charge is -2.22. The summed E-state index contributed by atoms with van der Waals surface area (Å²) in [6.07, 6.45) is -0.622. The van der Waals surface area contributed by atoms with Crippen LogP contribution in [0.15, 0.2) is 42.5 Å². The van der Waals surface area contributed by atoms with Gasteiger partial charge in [-0.2, -0.15) is 0 Å². The molecular formula is C20H23NO5. The molecule has 138 valence electrons. The number of carbonyl (C=O) groups excluding carboxylic acids is 1. The zero-order valence-corrected chi connectivity index (χ0v) is 15.2. The van der Waals surface area contributed by atoms with Crippen molar-refractivity contribution in [3.05, 3.63) is 48.0 Å². The second-order valence-electron chi connectivity index (χ2n) is 6.07. The van der Waals surface area contributed by atoms with Crippen LogP contribution in [0, 0.1) is 0 Å². The fourth-order valence-corrected chi connectivity index (χ4v) is 2.66. The van der Waals surface area contributed by atoms with Gasteiger partial charge in [0.15, 0.2) is 17.6 Å². The number of amides is 1. The van der Waals surface area contributed by atoms with Crippen LogP contribution in [-0.2, 0) is 4.79 Å². The quantitative estimate of drug-likeness (QED) is 0.860. The smallest absolute Gasteiger partial charge is 0.261 e. The summed E-state index contributed by atoms with van der Waals surface area (Å²) in [5.74, 6) is 2.59. The average molecular weight is 357 g/mol. The zero-order chi connectivity index (χ0) is 18.5. The Balaban J connectivity index is 1.59. The summed E-state index contributed by atoms with van der Waals surface area (Å²) in [6.45, 7) is 4.72. The van der Waals surface area contributed by atoms with E-state index < -0.39 is 6.10 Å². The van der Waals surface area contributed by atoms with E-state index in [1.807, 2.05) is 25.1 Å². The van der Waals surface area contributed by atoms with Crippen molar-refractivity contribution in [2.75, 3.05) is 20.3 Å². The summed E-state index contributed by atoms with van der Waals surface area (Å²) in [4.78, 5) is 12.4. The van der Waals surface area contributed by atoms with Gasteiger partial charge in [-0.25, -0.2) is 0 Å². The second kappa shape index (κ2) is 7.99. The first-order valence-electron chi connectivity index (χ1n) is 8.57. The molecule has 0 saturated heterocycles. The lowest BCUT2D eigenvalue weighted by atomic mass is 10.1. The predicted molar refractivity (Wildman–Crippen MR) is 97.1 cm³/mol. The van der Waals surface area contributed by atoms with Gasteiger partial charge in [0.1, 0.15) is 24.7 Å². The molecule has 2 atom stereocenters. The average Bonchev–Trinajstić information content (AvgIpc) is 2.68. The SMILES string of the molecule is COc1ccc(O[C@@H](C)C(=O)N[C@@H](C)c2ccc3c(c2)OCCO3)cc1. The van der Waals surface area contributed by atoms with Gasteiger partial charge in [-0.1, -0.05) is 6.07 Å². The molecule has 6 nitrogen and oxygen atoms in total. The van der Waals surface area contributed by atoms with Crippen LogP contribution in [-0.4, -0.2) is 32.3 Å². The van der Waals surface area contributed by atoms with Crippen LogP contribution >= 0.6 is 0 Å². The standard InChI is InChI=1S/C20H23NO5/c1-13(15-4-9-18-19(12-15)25-11-10-24-18)21-20(22)14(2)26-17-7-5-16(23-3)6-8-17/h4-9,12-14H,10-11H2,1-3H3,(H,21,22)/t13-,14-/m0/s1. The van der Waals surface area contributed by atoms with Crippen molar-refractivity contribution in [2.45, 2.75) is 26.0 Å². The Bertz CT molecular complexity index is 759. The molecule has 1 aliphatic rings. The van der Waals surface area contributed by atoms with Gasteiger partial charge in [-0.3, -0.25) is 4.79 Å². The van der Waals surface area contributed by atoms with E-state index in [0.717, 1.165) is 17.1 Å². The highest BCUT2D eigenvalue weighted by Gasteiger charge is 2.19. The lowest BCUT2D eigenvalue weighted by Crippen LogP contribution is -2.37. The van der Waals surface area contributed by atoms with E-state index >= 15 is 0 Å². The molecule has 3 rings (SSSR count). The summed E-state index contributed by atoms with van der Waals surface area (Å²) >= 11 is 0. The Morgan fingerprint density at radius 1 is 1.00 bits per heavy atom. The molecule has 0 spiro atoms. The number of carbonyl (C=O) groups is 1. The molecule has 0 radical (unpaired) electrons. The molecule has 2 aromatic carbocycles. The summed E-state index contributed by atoms with van der Waals surface area (Å²) in [6, 6.07) is 12.6. The third-order valence-electron chi connectivity index (χ3n) is 4.17. The van der Waals surface area contributed by atoms with Crippen LogP contribution in [0.5, 0.6) is 23.0 Å². The van der Waals surface area contributed by atoms with E-state index in [0.29, 0.717) is 24.7 Å². The molecule has 26 heavy (non-hydrogen) atoms. The summed E-state index contributed by atoms with van der Waals surface area (Å²) < 4.78 is 21.9. The van der Waals surface area contributed by atoms with Crippen molar-refractivity contribution in [1.82, 2.24) is 5.32 Å². The van der Waals surface area contributed by atoms with Crippen molar-refractivity contribution in [3.63, 3.8) is 0 Å². The van der Waals surface area contributed by atoms with E-state index in [9.17, 15) is 4.79 Å². The highest BCUT2D eigenvalue weighted by Crippen LogP contribution is 2.32. The van der Waals surface area contributed by atoms with Gasteiger partial charge < -0.3 is 24.3 Å². The number of benzene rings is 2. The van der Waals surface area contributed by atoms with Gasteiger partial charge in [0, 0.05) is 0 Å². The largest absolute Gasteiger partial charge is 0.497 e. The Morgan fingerprint density at radius 3 is 2.35 bits per heavy atom. The molecule has 0 bridgehead atoms. The van der Waals surface area contributed by atoms with E-state index in [1.54, 1.807) is 38.3 Å². The van der Waals surface area contributed by atoms with Crippen LogP contribution in [0.3, 0.4) is 0 Å². The normalized spacial score (nSPS) is 14.9. The minimum absolute atomic E-state index is 0.180. The first-order chi connectivity index (χ1) is 12.6. The second-order valence-corrected chi connectivity index (χ2v) is 6.07. The van der Waals surface area contributed by atoms with Gasteiger partial charge in [-0.05, 0) is 55.8 Å². The highest BCUT2D eigenvalue weighted by molar-refractivity contribution is 5.81. The van der Waals surface area contributed by atoms with E-state index in [1.165, 1.54) is 0 Å². The molecule has 6 heteroatoms. The maximum atomic E-state index is 12.4. The molecule has 0 unspecified atom stereocenters. The first kappa shape index (κ1) is 17.9. The Kier molecular flexibility index (Phi) is 5.51. The summed E-state index contributed by atoms with van der Waals surface area (Å²) in [7, 11) is 1.60. The van der Waals surface area contributed by atoms with Crippen molar-refractivity contribution in [1.29, 1.82) is 0 Å². The molecule has 0 aromatic heterocycles. The van der Waals surface area contributed by atoms with Crippen LogP contribution < -0.4 is 24.3 Å². The van der Waals surface area contributed by atoms with Crippen molar-refractivity contribution >= 4 is 5.91 Å². The minimum atomic E-state index is -0.622. The molecule has 0 aliphatic carbocycles. The molecule has 1 heterocycles. The van der Waals surface area contributed by atoms with Gasteiger partial charge in [0.25, 0.3) is 5.91 Å². The van der Waals surface area contributed by atoms with Crippen molar-refractivity contribution < 1.29 is 23.7 Å². The molecule has 1 aliphatic heterocycles. The van der Waals surface area contributed by atoms with Gasteiger partial charge in [-0.15, -0.1) is 0 Å². The van der Waals surface area contributed by atoms with Crippen molar-refractivity contribution in [2.24, 2.45) is 0 Å². The number of ether oxygens (including phenoxy) is 4. The fraction of sp³-hybridized carbons (Fsp3) is 0.350. The number of nitrogens with one attached hydrogen (secondary N) is 1. The third-order valence-corrected chi connectivity index (χ3v) is 4.17. The van der Waals surface area contributed by atoms with Gasteiger partial charge in [0.05, 0.1) is 13.2 Å². The van der Waals surface area contributed by atoms with E-state index in [4.69, 9.17) is 18.9 Å². The monoisotopic (exact) mass is 357 g/mol. The van der Waals surface area contributed by atoms with Gasteiger partial charge in [0.2, 0.25) is 0 Å². The zero-order valence-electron chi connectivity index (χ0n) is 15.2. The van der Waals surface area contributed by atoms with Crippen LogP contribution in [0.1, 0.15) is 25.5 Å². The number of fused-ring (bicyclic) bond motifs is 1. The maximum absolute atomic E-state index is 12.4. The number of hydrogen-bond donors (Lipinski definition) is 1. The first-order valence-corrected chi connectivity index (χ1v) is 8.57. The van der Waals surface area contributed by atoms with Crippen molar-refractivity contribution in [3.8, 4) is 23.0 Å². The lowest BCUT2D eigenvalue weighted by molar-refractivity contribution is -0.127. The summed E-state index contributed by atoms with van der Waals surface area (Å²) in [5.41, 5.74) is 0.944. The molecule has 1 N–H and O–H groups in total. The van der Waals surface area contributed by atoms with E-state index in [2.05, 4.69) is 5.32 Å². The highest BCUT2D eigenvalue weighted by atomic mass is 16.6. The summed E-state index contributed by atoms with van der Waals surface area (Å²) in [5, 5.41) is 2.96. The Hall–Kier alpha value is -2.89.